The molecular formula is C21H18N2O3S. The van der Waals surface area contributed by atoms with Gasteiger partial charge in [-0.3, -0.25) is 9.59 Å². The van der Waals surface area contributed by atoms with Crippen LogP contribution in [0.2, 0.25) is 0 Å². The number of fused-ring (bicyclic) bond motifs is 1. The maximum absolute atomic E-state index is 12.5. The van der Waals surface area contributed by atoms with Gasteiger partial charge in [0.2, 0.25) is 5.91 Å². The van der Waals surface area contributed by atoms with E-state index in [1.807, 2.05) is 35.0 Å². The van der Waals surface area contributed by atoms with Crippen molar-refractivity contribution in [2.45, 2.75) is 13.0 Å². The standard InChI is InChI=1S/C21H18N2O3S/c24-20(6-3-15-8-11-27-14-15)22-18-5-4-16-7-9-23(13-17(16)12-18)21(25)19-2-1-10-26-19/h1-6,8,10-12,14H,7,9,13H2,(H,22,24)/b6-3+. The highest BCUT2D eigenvalue weighted by Gasteiger charge is 2.23. The molecule has 0 saturated carbocycles. The number of rotatable bonds is 4. The summed E-state index contributed by atoms with van der Waals surface area (Å²) in [5.74, 6) is 0.0562. The summed E-state index contributed by atoms with van der Waals surface area (Å²) < 4.78 is 5.22. The lowest BCUT2D eigenvalue weighted by atomic mass is 9.99. The molecule has 0 fully saturated rings. The van der Waals surface area contributed by atoms with E-state index in [1.54, 1.807) is 34.4 Å². The number of hydrogen-bond acceptors (Lipinski definition) is 4. The number of nitrogens with one attached hydrogen (secondary N) is 1. The Hall–Kier alpha value is -3.12. The minimum Gasteiger partial charge on any atom is -0.459 e. The molecule has 2 amide bonds. The molecule has 0 atom stereocenters. The number of anilines is 1. The van der Waals surface area contributed by atoms with Gasteiger partial charge in [0.15, 0.2) is 5.76 Å². The first-order chi connectivity index (χ1) is 13.2. The van der Waals surface area contributed by atoms with Crippen LogP contribution in [0, 0.1) is 0 Å². The number of hydrogen-bond donors (Lipinski definition) is 1. The maximum atomic E-state index is 12.5. The molecule has 1 aliphatic heterocycles. The Bertz CT molecular complexity index is 975. The fraction of sp³-hybridized carbons (Fsp3) is 0.143. The normalized spacial score (nSPS) is 13.6. The molecule has 0 radical (unpaired) electrons. The summed E-state index contributed by atoms with van der Waals surface area (Å²) in [6.45, 7) is 1.16. The predicted octanol–water partition coefficient (Wildman–Crippen LogP) is 4.19. The highest BCUT2D eigenvalue weighted by Crippen LogP contribution is 2.24. The Morgan fingerprint density at radius 1 is 1.19 bits per heavy atom. The molecule has 3 heterocycles. The lowest BCUT2D eigenvalue weighted by Gasteiger charge is -2.28. The van der Waals surface area contributed by atoms with Gasteiger partial charge >= 0.3 is 0 Å². The quantitative estimate of drug-likeness (QED) is 0.693. The first-order valence-electron chi connectivity index (χ1n) is 8.65. The minimum atomic E-state index is -0.180. The molecule has 0 saturated heterocycles. The van der Waals surface area contributed by atoms with Crippen molar-refractivity contribution in [3.8, 4) is 0 Å². The molecule has 0 aliphatic carbocycles. The summed E-state index contributed by atoms with van der Waals surface area (Å²) in [6, 6.07) is 11.2. The van der Waals surface area contributed by atoms with Crippen LogP contribution in [0.4, 0.5) is 5.69 Å². The Balaban J connectivity index is 1.44. The molecule has 6 heteroatoms. The number of amides is 2. The number of thiophene rings is 1. The smallest absolute Gasteiger partial charge is 0.289 e. The van der Waals surface area contributed by atoms with Crippen molar-refractivity contribution in [2.75, 3.05) is 11.9 Å². The van der Waals surface area contributed by atoms with Crippen LogP contribution in [0.1, 0.15) is 27.2 Å². The van der Waals surface area contributed by atoms with Crippen LogP contribution in [0.15, 0.2) is 63.9 Å². The second-order valence-corrected chi connectivity index (χ2v) is 7.10. The Labute approximate surface area is 160 Å². The van der Waals surface area contributed by atoms with Crippen LogP contribution in [0.25, 0.3) is 6.08 Å². The molecule has 136 valence electrons. The monoisotopic (exact) mass is 378 g/mol. The molecule has 4 rings (SSSR count). The van der Waals surface area contributed by atoms with Crippen LogP contribution in [0.5, 0.6) is 0 Å². The zero-order valence-corrected chi connectivity index (χ0v) is 15.4. The van der Waals surface area contributed by atoms with Gasteiger partial charge in [0.1, 0.15) is 0 Å². The van der Waals surface area contributed by atoms with E-state index in [-0.39, 0.29) is 11.8 Å². The van der Waals surface area contributed by atoms with E-state index in [4.69, 9.17) is 4.42 Å². The molecule has 1 aromatic carbocycles. The highest BCUT2D eigenvalue weighted by molar-refractivity contribution is 7.08. The summed E-state index contributed by atoms with van der Waals surface area (Å²) >= 11 is 1.59. The SMILES string of the molecule is O=C(/C=C/c1ccsc1)Nc1ccc2c(c1)CN(C(=O)c1ccco1)CC2. The summed E-state index contributed by atoms with van der Waals surface area (Å²) in [6.07, 6.45) is 5.60. The van der Waals surface area contributed by atoms with Gasteiger partial charge in [-0.25, -0.2) is 0 Å². The molecule has 0 unspecified atom stereocenters. The fourth-order valence-electron chi connectivity index (χ4n) is 3.09. The predicted molar refractivity (Wildman–Crippen MR) is 106 cm³/mol. The number of furan rings is 1. The Morgan fingerprint density at radius 2 is 2.11 bits per heavy atom. The van der Waals surface area contributed by atoms with Crippen molar-refractivity contribution in [3.05, 3.63) is 81.9 Å². The van der Waals surface area contributed by atoms with Gasteiger partial charge in [-0.15, -0.1) is 0 Å². The zero-order chi connectivity index (χ0) is 18.6. The first-order valence-corrected chi connectivity index (χ1v) is 9.59. The minimum absolute atomic E-state index is 0.112. The number of benzene rings is 1. The van der Waals surface area contributed by atoms with Crippen molar-refractivity contribution >= 4 is 34.9 Å². The van der Waals surface area contributed by atoms with Crippen LogP contribution in [-0.2, 0) is 17.8 Å². The van der Waals surface area contributed by atoms with E-state index < -0.39 is 0 Å². The molecule has 1 aliphatic rings. The van der Waals surface area contributed by atoms with Crippen molar-refractivity contribution in [1.82, 2.24) is 4.90 Å². The summed E-state index contributed by atoms with van der Waals surface area (Å²) in [4.78, 5) is 26.4. The van der Waals surface area contributed by atoms with Gasteiger partial charge in [-0.05, 0) is 70.3 Å². The first kappa shape index (κ1) is 17.3. The highest BCUT2D eigenvalue weighted by atomic mass is 32.1. The van der Waals surface area contributed by atoms with E-state index in [1.165, 1.54) is 17.9 Å². The van der Waals surface area contributed by atoms with E-state index >= 15 is 0 Å². The third kappa shape index (κ3) is 4.01. The third-order valence-electron chi connectivity index (χ3n) is 4.48. The summed E-state index contributed by atoms with van der Waals surface area (Å²) in [5.41, 5.74) is 3.97. The Morgan fingerprint density at radius 3 is 2.89 bits per heavy atom. The molecule has 27 heavy (non-hydrogen) atoms. The van der Waals surface area contributed by atoms with Crippen LogP contribution in [-0.4, -0.2) is 23.3 Å². The molecule has 2 aromatic heterocycles. The number of carbonyl (C=O) groups is 2. The van der Waals surface area contributed by atoms with Crippen LogP contribution < -0.4 is 5.32 Å². The largest absolute Gasteiger partial charge is 0.459 e. The van der Waals surface area contributed by atoms with Crippen LogP contribution >= 0.6 is 11.3 Å². The van der Waals surface area contributed by atoms with Crippen molar-refractivity contribution in [1.29, 1.82) is 0 Å². The van der Waals surface area contributed by atoms with Crippen molar-refractivity contribution < 1.29 is 14.0 Å². The van der Waals surface area contributed by atoms with E-state index in [0.29, 0.717) is 18.8 Å². The van der Waals surface area contributed by atoms with Crippen LogP contribution in [0.3, 0.4) is 0 Å². The van der Waals surface area contributed by atoms with Crippen molar-refractivity contribution in [2.24, 2.45) is 0 Å². The molecule has 0 bridgehead atoms. The number of carbonyl (C=O) groups excluding carboxylic acids is 2. The summed E-state index contributed by atoms with van der Waals surface area (Å²) in [7, 11) is 0. The molecule has 5 nitrogen and oxygen atoms in total. The van der Waals surface area contributed by atoms with Gasteiger partial charge in [0.05, 0.1) is 6.26 Å². The average molecular weight is 378 g/mol. The fourth-order valence-corrected chi connectivity index (χ4v) is 3.72. The van der Waals surface area contributed by atoms with E-state index in [9.17, 15) is 9.59 Å². The van der Waals surface area contributed by atoms with Gasteiger partial charge in [-0.1, -0.05) is 6.07 Å². The second kappa shape index (κ2) is 7.63. The molecular weight excluding hydrogens is 360 g/mol. The Kier molecular flexibility index (Phi) is 4.89. The van der Waals surface area contributed by atoms with Gasteiger partial charge in [0, 0.05) is 24.9 Å². The van der Waals surface area contributed by atoms with E-state index in [2.05, 4.69) is 5.32 Å². The third-order valence-corrected chi connectivity index (χ3v) is 5.18. The van der Waals surface area contributed by atoms with E-state index in [0.717, 1.165) is 23.2 Å². The topological polar surface area (TPSA) is 62.6 Å². The second-order valence-electron chi connectivity index (χ2n) is 6.32. The van der Waals surface area contributed by atoms with Crippen molar-refractivity contribution in [3.63, 3.8) is 0 Å². The molecule has 1 N–H and O–H groups in total. The van der Waals surface area contributed by atoms with Gasteiger partial charge < -0.3 is 14.6 Å². The average Bonchev–Trinajstić information content (AvgIpc) is 3.39. The van der Waals surface area contributed by atoms with Gasteiger partial charge in [-0.2, -0.15) is 11.3 Å². The number of nitrogens with zero attached hydrogens (tertiary/aromatic N) is 1. The maximum Gasteiger partial charge on any atom is 0.289 e. The lowest BCUT2D eigenvalue weighted by Crippen LogP contribution is -2.35. The lowest BCUT2D eigenvalue weighted by molar-refractivity contribution is -0.111. The molecule has 3 aromatic rings. The summed E-state index contributed by atoms with van der Waals surface area (Å²) in [5, 5.41) is 6.83. The molecule has 0 spiro atoms. The van der Waals surface area contributed by atoms with Gasteiger partial charge in [0.25, 0.3) is 5.91 Å². The zero-order valence-electron chi connectivity index (χ0n) is 14.6.